The van der Waals surface area contributed by atoms with Gasteiger partial charge in [-0.15, -0.1) is 10.2 Å². The minimum absolute atomic E-state index is 0.118. The third-order valence-corrected chi connectivity index (χ3v) is 6.48. The average Bonchev–Trinajstić information content (AvgIpc) is 3.02. The molecule has 1 fully saturated rings. The molecular formula is C14H17N5OS3. The van der Waals surface area contributed by atoms with Crippen molar-refractivity contribution in [3.63, 3.8) is 0 Å². The second-order valence-electron chi connectivity index (χ2n) is 5.12. The van der Waals surface area contributed by atoms with E-state index in [0.717, 1.165) is 4.34 Å². The van der Waals surface area contributed by atoms with E-state index in [2.05, 4.69) is 25.5 Å². The maximum atomic E-state index is 11.9. The summed E-state index contributed by atoms with van der Waals surface area (Å²) < 4.78 is 0.936. The number of anilines is 1. The molecule has 1 amide bonds. The fourth-order valence-electron chi connectivity index (χ4n) is 2.28. The van der Waals surface area contributed by atoms with Crippen molar-refractivity contribution < 1.29 is 4.79 Å². The highest BCUT2D eigenvalue weighted by Crippen LogP contribution is 2.35. The molecule has 9 heteroatoms. The number of aromatic nitrogens is 4. The van der Waals surface area contributed by atoms with Gasteiger partial charge in [-0.05, 0) is 18.9 Å². The number of carbonyl (C=O) groups excluding carboxylic acids is 1. The van der Waals surface area contributed by atoms with Crippen LogP contribution in [0, 0.1) is 0 Å². The number of thioether (sulfide) groups is 2. The lowest BCUT2D eigenvalue weighted by Crippen LogP contribution is -2.14. The van der Waals surface area contributed by atoms with Crippen LogP contribution in [0.4, 0.5) is 5.13 Å². The lowest BCUT2D eigenvalue weighted by molar-refractivity contribution is -0.113. The van der Waals surface area contributed by atoms with Gasteiger partial charge in [-0.2, -0.15) is 0 Å². The van der Waals surface area contributed by atoms with Gasteiger partial charge < -0.3 is 0 Å². The highest BCUT2D eigenvalue weighted by Gasteiger charge is 2.17. The van der Waals surface area contributed by atoms with Crippen LogP contribution in [0.1, 0.15) is 32.1 Å². The molecule has 0 spiro atoms. The van der Waals surface area contributed by atoms with Crippen molar-refractivity contribution in [2.45, 2.75) is 46.9 Å². The normalized spacial score (nSPS) is 15.5. The average molecular weight is 368 g/mol. The first-order valence-electron chi connectivity index (χ1n) is 7.49. The van der Waals surface area contributed by atoms with Gasteiger partial charge in [-0.1, -0.05) is 54.1 Å². The Bertz CT molecular complexity index is 630. The van der Waals surface area contributed by atoms with Crippen LogP contribution in [0.5, 0.6) is 0 Å². The summed E-state index contributed by atoms with van der Waals surface area (Å²) in [6.45, 7) is 0. The first kappa shape index (κ1) is 16.7. The van der Waals surface area contributed by atoms with Gasteiger partial charge >= 0.3 is 0 Å². The van der Waals surface area contributed by atoms with E-state index >= 15 is 0 Å². The van der Waals surface area contributed by atoms with Crippen LogP contribution < -0.4 is 5.32 Å². The van der Waals surface area contributed by atoms with Crippen LogP contribution in [0.2, 0.25) is 0 Å². The molecule has 0 saturated heterocycles. The summed E-state index contributed by atoms with van der Waals surface area (Å²) in [5.41, 5.74) is 0. The first-order chi connectivity index (χ1) is 11.3. The van der Waals surface area contributed by atoms with Crippen LogP contribution in [0.3, 0.4) is 0 Å². The molecule has 122 valence electrons. The molecule has 1 N–H and O–H groups in total. The first-order valence-corrected chi connectivity index (χ1v) is 10.2. The predicted molar refractivity (Wildman–Crippen MR) is 94.0 cm³/mol. The molecule has 0 aliphatic heterocycles. The molecule has 0 bridgehead atoms. The molecule has 0 atom stereocenters. The second-order valence-corrected chi connectivity index (χ2v) is 8.59. The highest BCUT2D eigenvalue weighted by molar-refractivity contribution is 8.01. The van der Waals surface area contributed by atoms with Crippen molar-refractivity contribution in [3.8, 4) is 0 Å². The van der Waals surface area contributed by atoms with E-state index in [1.165, 1.54) is 55.2 Å². The van der Waals surface area contributed by atoms with Crippen molar-refractivity contribution in [3.05, 3.63) is 18.5 Å². The molecule has 2 aromatic heterocycles. The Hall–Kier alpha value is -1.19. The Morgan fingerprint density at radius 3 is 2.78 bits per heavy atom. The number of rotatable bonds is 6. The van der Waals surface area contributed by atoms with Gasteiger partial charge in [0.1, 0.15) is 0 Å². The van der Waals surface area contributed by atoms with Gasteiger partial charge in [0, 0.05) is 17.6 Å². The summed E-state index contributed by atoms with van der Waals surface area (Å²) in [5, 5.41) is 12.8. The Morgan fingerprint density at radius 1 is 1.22 bits per heavy atom. The van der Waals surface area contributed by atoms with Crippen molar-refractivity contribution in [2.75, 3.05) is 11.1 Å². The zero-order chi connectivity index (χ0) is 15.9. The molecule has 0 unspecified atom stereocenters. The highest BCUT2D eigenvalue weighted by atomic mass is 32.2. The standard InChI is InChI=1S/C14H17N5OS3/c20-11(9-21-12-15-7-4-8-16-12)17-13-18-19-14(23-13)22-10-5-2-1-3-6-10/h4,7-8,10H,1-3,5-6,9H2,(H,17,18,20). The summed E-state index contributed by atoms with van der Waals surface area (Å²) in [7, 11) is 0. The third-order valence-electron chi connectivity index (χ3n) is 3.35. The topological polar surface area (TPSA) is 80.7 Å². The molecule has 1 aliphatic rings. The van der Waals surface area contributed by atoms with E-state index in [4.69, 9.17) is 0 Å². The Balaban J connectivity index is 1.45. The summed E-state index contributed by atoms with van der Waals surface area (Å²) in [4.78, 5) is 20.1. The van der Waals surface area contributed by atoms with E-state index < -0.39 is 0 Å². The van der Waals surface area contributed by atoms with Gasteiger partial charge in [-0.3, -0.25) is 10.1 Å². The van der Waals surface area contributed by atoms with Gasteiger partial charge in [-0.25, -0.2) is 9.97 Å². The lowest BCUT2D eigenvalue weighted by atomic mass is 10.0. The summed E-state index contributed by atoms with van der Waals surface area (Å²) in [5.74, 6) is 0.141. The molecule has 2 heterocycles. The molecule has 23 heavy (non-hydrogen) atoms. The molecule has 0 aromatic carbocycles. The fraction of sp³-hybridized carbons (Fsp3) is 0.500. The monoisotopic (exact) mass is 367 g/mol. The largest absolute Gasteiger partial charge is 0.300 e. The van der Waals surface area contributed by atoms with Gasteiger partial charge in [0.05, 0.1) is 5.75 Å². The third kappa shape index (κ3) is 5.43. The Kier molecular flexibility index (Phi) is 6.23. The SMILES string of the molecule is O=C(CSc1ncccn1)Nc1nnc(SC2CCCCC2)s1. The number of amides is 1. The van der Waals surface area contributed by atoms with Crippen LogP contribution in [-0.4, -0.2) is 37.1 Å². The van der Waals surface area contributed by atoms with Crippen molar-refractivity contribution in [2.24, 2.45) is 0 Å². The maximum Gasteiger partial charge on any atom is 0.236 e. The van der Waals surface area contributed by atoms with E-state index in [1.54, 1.807) is 30.2 Å². The predicted octanol–water partition coefficient (Wildman–Crippen LogP) is 3.48. The number of hydrogen-bond donors (Lipinski definition) is 1. The van der Waals surface area contributed by atoms with Gasteiger partial charge in [0.25, 0.3) is 0 Å². The quantitative estimate of drug-likeness (QED) is 0.475. The lowest BCUT2D eigenvalue weighted by Gasteiger charge is -2.19. The summed E-state index contributed by atoms with van der Waals surface area (Å²) in [6.07, 6.45) is 9.77. The molecule has 3 rings (SSSR count). The van der Waals surface area contributed by atoms with Crippen LogP contribution in [-0.2, 0) is 4.79 Å². The Morgan fingerprint density at radius 2 is 2.00 bits per heavy atom. The van der Waals surface area contributed by atoms with Gasteiger partial charge in [0.15, 0.2) is 9.50 Å². The van der Waals surface area contributed by atoms with E-state index in [-0.39, 0.29) is 11.7 Å². The zero-order valence-electron chi connectivity index (χ0n) is 12.5. The minimum Gasteiger partial charge on any atom is -0.300 e. The van der Waals surface area contributed by atoms with Gasteiger partial charge in [0.2, 0.25) is 11.0 Å². The number of carbonyl (C=O) groups is 1. The van der Waals surface area contributed by atoms with Crippen molar-refractivity contribution in [1.82, 2.24) is 20.2 Å². The van der Waals surface area contributed by atoms with E-state index in [1.807, 2.05) is 0 Å². The zero-order valence-corrected chi connectivity index (χ0v) is 14.9. The van der Waals surface area contributed by atoms with E-state index in [9.17, 15) is 4.79 Å². The van der Waals surface area contributed by atoms with Crippen LogP contribution in [0.15, 0.2) is 28.0 Å². The molecular weight excluding hydrogens is 350 g/mol. The molecule has 6 nitrogen and oxygen atoms in total. The van der Waals surface area contributed by atoms with Crippen LogP contribution >= 0.6 is 34.9 Å². The second kappa shape index (κ2) is 8.60. The summed E-state index contributed by atoms with van der Waals surface area (Å²) in [6, 6.07) is 1.75. The Labute approximate surface area is 147 Å². The smallest absolute Gasteiger partial charge is 0.236 e. The van der Waals surface area contributed by atoms with Crippen LogP contribution in [0.25, 0.3) is 0 Å². The molecule has 1 saturated carbocycles. The molecule has 1 aliphatic carbocycles. The molecule has 2 aromatic rings. The maximum absolute atomic E-state index is 11.9. The molecule has 0 radical (unpaired) electrons. The van der Waals surface area contributed by atoms with Crippen molar-refractivity contribution >= 4 is 45.9 Å². The number of nitrogens with one attached hydrogen (secondary N) is 1. The minimum atomic E-state index is -0.118. The summed E-state index contributed by atoms with van der Waals surface area (Å²) >= 11 is 4.54. The van der Waals surface area contributed by atoms with E-state index in [0.29, 0.717) is 15.5 Å². The number of nitrogens with zero attached hydrogens (tertiary/aromatic N) is 4. The number of hydrogen-bond acceptors (Lipinski definition) is 8. The fourth-order valence-corrected chi connectivity index (χ4v) is 5.16. The van der Waals surface area contributed by atoms with Crippen molar-refractivity contribution in [1.29, 1.82) is 0 Å².